The Balaban J connectivity index is 1.30. The molecule has 4 saturated carbocycles. The summed E-state index contributed by atoms with van der Waals surface area (Å²) in [6.07, 6.45) is 8.78. The molecule has 3 amide bonds. The van der Waals surface area contributed by atoms with Gasteiger partial charge in [0.05, 0.1) is 20.8 Å². The first kappa shape index (κ1) is 29.7. The van der Waals surface area contributed by atoms with E-state index in [0.717, 1.165) is 53.9 Å². The van der Waals surface area contributed by atoms with Crippen LogP contribution in [-0.4, -0.2) is 60.6 Å². The molecule has 1 N–H and O–H groups in total. The lowest BCUT2D eigenvalue weighted by Crippen LogP contribution is -2.63. The summed E-state index contributed by atoms with van der Waals surface area (Å²) < 4.78 is 10.9. The maximum absolute atomic E-state index is 14.0. The number of ether oxygens (including phenoxy) is 2. The van der Waals surface area contributed by atoms with Gasteiger partial charge >= 0.3 is 6.03 Å². The average molecular weight is 582 g/mol. The fourth-order valence-corrected chi connectivity index (χ4v) is 8.71. The van der Waals surface area contributed by atoms with Crippen LogP contribution in [0, 0.1) is 24.7 Å². The number of urea groups is 1. The van der Waals surface area contributed by atoms with Crippen LogP contribution in [0.3, 0.4) is 0 Å². The molecular weight excluding hydrogens is 534 g/mol. The van der Waals surface area contributed by atoms with E-state index in [1.165, 1.54) is 24.1 Å². The minimum atomic E-state index is -0.0812. The van der Waals surface area contributed by atoms with E-state index in [2.05, 4.69) is 38.2 Å². The number of nitrogens with zero attached hydrogens (tertiary/aromatic N) is 2. The summed E-state index contributed by atoms with van der Waals surface area (Å²) in [4.78, 5) is 33.9. The van der Waals surface area contributed by atoms with Crippen molar-refractivity contribution in [3.63, 3.8) is 0 Å². The van der Waals surface area contributed by atoms with Crippen LogP contribution in [0.1, 0.15) is 74.1 Å². The van der Waals surface area contributed by atoms with Gasteiger partial charge in [0.25, 0.3) is 0 Å². The van der Waals surface area contributed by atoms with Crippen molar-refractivity contribution in [2.75, 3.05) is 27.3 Å². The number of rotatable bonds is 12. The molecule has 224 valence electrons. The summed E-state index contributed by atoms with van der Waals surface area (Å²) in [6, 6.07) is 10.0. The van der Waals surface area contributed by atoms with Crippen molar-refractivity contribution in [1.29, 1.82) is 0 Å². The first-order valence-electron chi connectivity index (χ1n) is 15.3. The molecule has 8 heteroatoms. The number of benzene rings is 1. The van der Waals surface area contributed by atoms with Crippen LogP contribution < -0.4 is 14.8 Å². The molecule has 1 atom stereocenters. The minimum Gasteiger partial charge on any atom is -0.493 e. The number of hydrogen-bond donors (Lipinski definition) is 1. The van der Waals surface area contributed by atoms with E-state index < -0.39 is 0 Å². The van der Waals surface area contributed by atoms with Gasteiger partial charge in [0.15, 0.2) is 11.5 Å². The first-order chi connectivity index (χ1) is 19.7. The Morgan fingerprint density at radius 2 is 1.68 bits per heavy atom. The van der Waals surface area contributed by atoms with Crippen molar-refractivity contribution in [3.8, 4) is 11.5 Å². The minimum absolute atomic E-state index is 0.0162. The molecule has 6 rings (SSSR count). The highest BCUT2D eigenvalue weighted by Gasteiger charge is 2.52. The summed E-state index contributed by atoms with van der Waals surface area (Å²) in [5.41, 5.74) is 0.989. The predicted octanol–water partition coefficient (Wildman–Crippen LogP) is 6.42. The summed E-state index contributed by atoms with van der Waals surface area (Å²) in [5.74, 6) is 3.61. The number of hydrogen-bond acceptors (Lipinski definition) is 5. The maximum Gasteiger partial charge on any atom is 0.318 e. The third-order valence-electron chi connectivity index (χ3n) is 9.71. The summed E-state index contributed by atoms with van der Waals surface area (Å²) >= 11 is 1.72. The molecule has 1 aromatic carbocycles. The molecule has 4 aliphatic rings. The zero-order chi connectivity index (χ0) is 29.1. The van der Waals surface area contributed by atoms with Gasteiger partial charge in [0.1, 0.15) is 6.54 Å². The smallest absolute Gasteiger partial charge is 0.318 e. The SMILES string of the molecule is CCC(C)N(CC(=O)N(CCc1ccc(OC)c(OC)c1)Cc1ccc(C)s1)C(=O)NC12CC3CC(CC(C3)C1)C2. The fourth-order valence-electron chi connectivity index (χ4n) is 7.81. The topological polar surface area (TPSA) is 71.1 Å². The number of aryl methyl sites for hydroxylation is 1. The van der Waals surface area contributed by atoms with Crippen LogP contribution in [0.25, 0.3) is 0 Å². The van der Waals surface area contributed by atoms with Gasteiger partial charge in [-0.3, -0.25) is 4.79 Å². The number of carbonyl (C=O) groups excluding carboxylic acids is 2. The van der Waals surface area contributed by atoms with E-state index in [1.54, 1.807) is 30.5 Å². The monoisotopic (exact) mass is 581 g/mol. The average Bonchev–Trinajstić information content (AvgIpc) is 3.36. The highest BCUT2D eigenvalue weighted by atomic mass is 32.1. The highest BCUT2D eigenvalue weighted by molar-refractivity contribution is 7.11. The third-order valence-corrected chi connectivity index (χ3v) is 10.7. The highest BCUT2D eigenvalue weighted by Crippen LogP contribution is 2.55. The maximum atomic E-state index is 14.0. The number of amides is 3. The van der Waals surface area contributed by atoms with Gasteiger partial charge in [-0.05, 0) is 113 Å². The molecule has 2 aromatic rings. The summed E-state index contributed by atoms with van der Waals surface area (Å²) in [6.45, 7) is 7.41. The molecule has 0 saturated heterocycles. The van der Waals surface area contributed by atoms with Crippen LogP contribution in [0.5, 0.6) is 11.5 Å². The predicted molar refractivity (Wildman–Crippen MR) is 164 cm³/mol. The van der Waals surface area contributed by atoms with Gasteiger partial charge in [-0.25, -0.2) is 4.79 Å². The molecule has 4 bridgehead atoms. The lowest BCUT2D eigenvalue weighted by Gasteiger charge is -2.57. The van der Waals surface area contributed by atoms with Crippen molar-refractivity contribution >= 4 is 23.3 Å². The van der Waals surface area contributed by atoms with Crippen molar-refractivity contribution in [1.82, 2.24) is 15.1 Å². The summed E-state index contributed by atoms with van der Waals surface area (Å²) in [7, 11) is 3.26. The second kappa shape index (κ2) is 12.6. The molecule has 4 fully saturated rings. The Bertz CT molecular complexity index is 1190. The van der Waals surface area contributed by atoms with Crippen LogP contribution in [0.4, 0.5) is 4.79 Å². The van der Waals surface area contributed by atoms with Crippen molar-refractivity contribution in [3.05, 3.63) is 45.6 Å². The van der Waals surface area contributed by atoms with Crippen molar-refractivity contribution < 1.29 is 19.1 Å². The van der Waals surface area contributed by atoms with Gasteiger partial charge < -0.3 is 24.6 Å². The molecule has 4 aliphatic carbocycles. The Morgan fingerprint density at radius 1 is 1.02 bits per heavy atom. The third kappa shape index (κ3) is 6.85. The fraction of sp³-hybridized carbons (Fsp3) is 0.636. The molecule has 7 nitrogen and oxygen atoms in total. The molecule has 1 heterocycles. The Hall–Kier alpha value is -2.74. The molecule has 1 aromatic heterocycles. The summed E-state index contributed by atoms with van der Waals surface area (Å²) in [5, 5.41) is 3.51. The lowest BCUT2D eigenvalue weighted by molar-refractivity contribution is -0.132. The van der Waals surface area contributed by atoms with E-state index in [1.807, 2.05) is 23.1 Å². The van der Waals surface area contributed by atoms with E-state index in [-0.39, 0.29) is 30.1 Å². The Labute approximate surface area is 249 Å². The lowest BCUT2D eigenvalue weighted by atomic mass is 9.53. The van der Waals surface area contributed by atoms with E-state index >= 15 is 0 Å². The first-order valence-corrected chi connectivity index (χ1v) is 16.1. The number of nitrogens with one attached hydrogen (secondary N) is 1. The number of methoxy groups -OCH3 is 2. The van der Waals surface area contributed by atoms with Gasteiger partial charge in [0, 0.05) is 27.9 Å². The van der Waals surface area contributed by atoms with Crippen LogP contribution in [0.15, 0.2) is 30.3 Å². The Kier molecular flexibility index (Phi) is 9.17. The molecule has 0 aliphatic heterocycles. The quantitative estimate of drug-likeness (QED) is 0.314. The van der Waals surface area contributed by atoms with Crippen molar-refractivity contribution in [2.45, 2.75) is 90.3 Å². The molecule has 0 spiro atoms. The Morgan fingerprint density at radius 3 is 2.24 bits per heavy atom. The zero-order valence-electron chi connectivity index (χ0n) is 25.4. The molecular formula is C33H47N3O4S. The van der Waals surface area contributed by atoms with Crippen LogP contribution in [0.2, 0.25) is 0 Å². The van der Waals surface area contributed by atoms with Crippen LogP contribution >= 0.6 is 11.3 Å². The normalized spacial score (nSPS) is 25.0. The molecule has 1 unspecified atom stereocenters. The standard InChI is InChI=1S/C33H47N3O4S/c1-6-22(2)36(32(38)34-33-17-25-13-26(18-33)15-27(14-25)19-33)21-31(37)35(20-28-9-7-23(3)41-28)12-11-24-8-10-29(39-4)30(16-24)40-5/h7-10,16,22,25-27H,6,11-15,17-21H2,1-5H3,(H,34,38). The van der Waals surface area contributed by atoms with Gasteiger partial charge in [-0.2, -0.15) is 0 Å². The largest absolute Gasteiger partial charge is 0.493 e. The van der Waals surface area contributed by atoms with Gasteiger partial charge in [-0.1, -0.05) is 13.0 Å². The second-order valence-electron chi connectivity index (χ2n) is 12.8. The zero-order valence-corrected chi connectivity index (χ0v) is 26.2. The van der Waals surface area contributed by atoms with Crippen molar-refractivity contribution in [2.24, 2.45) is 17.8 Å². The number of thiophene rings is 1. The van der Waals surface area contributed by atoms with Crippen LogP contribution in [-0.2, 0) is 17.8 Å². The molecule has 0 radical (unpaired) electrons. The van der Waals surface area contributed by atoms with E-state index in [4.69, 9.17) is 9.47 Å². The van der Waals surface area contributed by atoms with Gasteiger partial charge in [-0.15, -0.1) is 11.3 Å². The second-order valence-corrected chi connectivity index (χ2v) is 14.2. The van der Waals surface area contributed by atoms with Gasteiger partial charge in [0.2, 0.25) is 5.91 Å². The molecule has 41 heavy (non-hydrogen) atoms. The number of carbonyl (C=O) groups is 2. The van der Waals surface area contributed by atoms with E-state index in [9.17, 15) is 9.59 Å². The van der Waals surface area contributed by atoms with E-state index in [0.29, 0.717) is 31.0 Å².